The number of carbonyl (C=O) groups is 1. The number of benzene rings is 2. The van der Waals surface area contributed by atoms with Gasteiger partial charge in [0.1, 0.15) is 5.75 Å². The molecular weight excluding hydrogens is 382 g/mol. The minimum Gasteiger partial charge on any atom is -0.496 e. The number of carbonyl (C=O) groups excluding carboxylic acids is 1. The Morgan fingerprint density at radius 2 is 1.77 bits per heavy atom. The van der Waals surface area contributed by atoms with Gasteiger partial charge in [0, 0.05) is 30.8 Å². The van der Waals surface area contributed by atoms with E-state index in [1.165, 1.54) is 10.6 Å². The van der Waals surface area contributed by atoms with Gasteiger partial charge in [0.2, 0.25) is 5.91 Å². The molecule has 7 nitrogen and oxygen atoms in total. The number of para-hydroxylation sites is 2. The van der Waals surface area contributed by atoms with Crippen molar-refractivity contribution < 1.29 is 9.53 Å². The van der Waals surface area contributed by atoms with Gasteiger partial charge in [0.25, 0.3) is 5.56 Å². The van der Waals surface area contributed by atoms with Crippen LogP contribution in [0.15, 0.2) is 64.2 Å². The van der Waals surface area contributed by atoms with E-state index in [0.29, 0.717) is 42.6 Å². The molecule has 1 aliphatic rings. The molecule has 4 rings (SSSR count). The number of aromatic amines is 1. The predicted octanol–water partition coefficient (Wildman–Crippen LogP) is 2.58. The molecule has 0 radical (unpaired) electrons. The lowest BCUT2D eigenvalue weighted by molar-refractivity contribution is -0.127. The predicted molar refractivity (Wildman–Crippen MR) is 116 cm³/mol. The minimum atomic E-state index is -0.403. The van der Waals surface area contributed by atoms with Crippen LogP contribution >= 0.6 is 0 Å². The number of nitrogens with one attached hydrogen (secondary N) is 1. The van der Waals surface area contributed by atoms with E-state index < -0.39 is 5.69 Å². The topological polar surface area (TPSA) is 84.4 Å². The number of nitrogens with zero attached hydrogens (tertiary/aromatic N) is 2. The normalized spacial score (nSPS) is 15.0. The Labute approximate surface area is 173 Å². The summed E-state index contributed by atoms with van der Waals surface area (Å²) >= 11 is 0. The molecule has 0 aliphatic carbocycles. The van der Waals surface area contributed by atoms with Crippen LogP contribution < -0.4 is 16.0 Å². The van der Waals surface area contributed by atoms with Crippen LogP contribution in [-0.4, -0.2) is 40.6 Å². The lowest BCUT2D eigenvalue weighted by Gasteiger charge is -2.31. The molecule has 2 aromatic carbocycles. The number of aromatic nitrogens is 2. The first-order valence-corrected chi connectivity index (χ1v) is 9.92. The maximum Gasteiger partial charge on any atom is 0.329 e. The van der Waals surface area contributed by atoms with Gasteiger partial charge in [-0.05, 0) is 37.1 Å². The maximum atomic E-state index is 12.8. The quantitative estimate of drug-likeness (QED) is 0.676. The third kappa shape index (κ3) is 3.78. The summed E-state index contributed by atoms with van der Waals surface area (Å²) in [6.07, 6.45) is 4.38. The van der Waals surface area contributed by atoms with Crippen LogP contribution in [0, 0.1) is 0 Å². The first-order chi connectivity index (χ1) is 14.6. The first kappa shape index (κ1) is 19.7. The van der Waals surface area contributed by atoms with Crippen molar-refractivity contribution in [2.75, 3.05) is 20.2 Å². The number of likely N-dealkylation sites (tertiary alicyclic amines) is 1. The summed E-state index contributed by atoms with van der Waals surface area (Å²) in [5.74, 6) is 0.606. The number of amides is 1. The fraction of sp³-hybridized carbons (Fsp3) is 0.261. The molecule has 1 N–H and O–H groups in total. The van der Waals surface area contributed by atoms with E-state index in [9.17, 15) is 14.4 Å². The summed E-state index contributed by atoms with van der Waals surface area (Å²) in [4.78, 5) is 42.4. The van der Waals surface area contributed by atoms with Gasteiger partial charge in [-0.3, -0.25) is 14.2 Å². The minimum absolute atomic E-state index is 0.0980. The van der Waals surface area contributed by atoms with Crippen molar-refractivity contribution in [3.05, 3.63) is 81.0 Å². The highest BCUT2D eigenvalue weighted by Crippen LogP contribution is 2.22. The van der Waals surface area contributed by atoms with E-state index in [1.807, 2.05) is 24.3 Å². The molecule has 1 saturated heterocycles. The van der Waals surface area contributed by atoms with Gasteiger partial charge in [-0.25, -0.2) is 4.79 Å². The number of ether oxygens (including phenoxy) is 1. The molecule has 0 unspecified atom stereocenters. The maximum absolute atomic E-state index is 12.8. The van der Waals surface area contributed by atoms with Crippen molar-refractivity contribution >= 4 is 22.9 Å². The molecule has 2 heterocycles. The second-order valence-electron chi connectivity index (χ2n) is 7.28. The van der Waals surface area contributed by atoms with Gasteiger partial charge in [-0.1, -0.05) is 30.3 Å². The van der Waals surface area contributed by atoms with Gasteiger partial charge >= 0.3 is 5.69 Å². The second kappa shape index (κ2) is 8.41. The fourth-order valence-corrected chi connectivity index (χ4v) is 3.92. The summed E-state index contributed by atoms with van der Waals surface area (Å²) in [5.41, 5.74) is 0.685. The van der Waals surface area contributed by atoms with Crippen LogP contribution in [0.25, 0.3) is 17.0 Å². The molecule has 7 heteroatoms. The van der Waals surface area contributed by atoms with Gasteiger partial charge < -0.3 is 14.6 Å². The molecule has 0 spiro atoms. The molecule has 30 heavy (non-hydrogen) atoms. The molecule has 3 aromatic rings. The molecule has 0 saturated carbocycles. The summed E-state index contributed by atoms with van der Waals surface area (Å²) < 4.78 is 6.60. The summed E-state index contributed by atoms with van der Waals surface area (Å²) in [7, 11) is 1.59. The summed E-state index contributed by atoms with van der Waals surface area (Å²) in [6, 6.07) is 14.3. The van der Waals surface area contributed by atoms with Gasteiger partial charge in [-0.2, -0.15) is 0 Å². The van der Waals surface area contributed by atoms with Crippen molar-refractivity contribution in [2.45, 2.75) is 18.9 Å². The Bertz CT molecular complexity index is 1220. The van der Waals surface area contributed by atoms with Crippen molar-refractivity contribution in [1.82, 2.24) is 14.5 Å². The first-order valence-electron chi connectivity index (χ1n) is 9.92. The Hall–Kier alpha value is -3.61. The molecular formula is C23H23N3O4. The Morgan fingerprint density at radius 1 is 1.07 bits per heavy atom. The molecule has 154 valence electrons. The highest BCUT2D eigenvalue weighted by atomic mass is 16.5. The van der Waals surface area contributed by atoms with Crippen LogP contribution in [0.2, 0.25) is 0 Å². The lowest BCUT2D eigenvalue weighted by atomic mass is 10.0. The molecule has 1 aliphatic heterocycles. The number of H-pyrrole nitrogens is 1. The fourth-order valence-electron chi connectivity index (χ4n) is 3.92. The number of fused-ring (bicyclic) bond motifs is 1. The van der Waals surface area contributed by atoms with E-state index in [2.05, 4.69) is 4.98 Å². The van der Waals surface area contributed by atoms with Gasteiger partial charge in [-0.15, -0.1) is 0 Å². The Kier molecular flexibility index (Phi) is 5.52. The van der Waals surface area contributed by atoms with Gasteiger partial charge in [0.05, 0.1) is 18.0 Å². The van der Waals surface area contributed by atoms with E-state index in [4.69, 9.17) is 4.74 Å². The standard InChI is InChI=1S/C23H23N3O4/c1-30-20-9-5-2-6-16(20)10-11-21(27)25-14-12-17(13-15-25)26-22(28)18-7-3-4-8-19(18)24-23(26)29/h2-11,17H,12-15H2,1H3,(H,24,29)/b11-10+. The van der Waals surface area contributed by atoms with Gasteiger partial charge in [0.15, 0.2) is 0 Å². The zero-order chi connectivity index (χ0) is 21.1. The van der Waals surface area contributed by atoms with Crippen LogP contribution in [0.1, 0.15) is 24.4 Å². The van der Waals surface area contributed by atoms with E-state index in [-0.39, 0.29) is 17.5 Å². The monoisotopic (exact) mass is 405 g/mol. The number of methoxy groups -OCH3 is 1. The van der Waals surface area contributed by atoms with Crippen LogP contribution in [0.3, 0.4) is 0 Å². The van der Waals surface area contributed by atoms with Crippen molar-refractivity contribution in [3.63, 3.8) is 0 Å². The summed E-state index contributed by atoms with van der Waals surface area (Å²) in [6.45, 7) is 0.969. The van der Waals surface area contributed by atoms with E-state index in [0.717, 1.165) is 5.56 Å². The number of hydrogen-bond acceptors (Lipinski definition) is 4. The number of rotatable bonds is 4. The smallest absolute Gasteiger partial charge is 0.329 e. The largest absolute Gasteiger partial charge is 0.496 e. The third-order valence-electron chi connectivity index (χ3n) is 5.52. The van der Waals surface area contributed by atoms with Crippen LogP contribution in [0.4, 0.5) is 0 Å². The van der Waals surface area contributed by atoms with Crippen molar-refractivity contribution in [2.24, 2.45) is 0 Å². The average Bonchev–Trinajstić information content (AvgIpc) is 2.78. The average molecular weight is 405 g/mol. The van der Waals surface area contributed by atoms with Crippen LogP contribution in [0.5, 0.6) is 5.75 Å². The number of piperidine rings is 1. The molecule has 1 amide bonds. The molecule has 0 bridgehead atoms. The molecule has 0 atom stereocenters. The number of hydrogen-bond donors (Lipinski definition) is 1. The zero-order valence-corrected chi connectivity index (χ0v) is 16.7. The Morgan fingerprint density at radius 3 is 2.53 bits per heavy atom. The highest BCUT2D eigenvalue weighted by molar-refractivity contribution is 5.92. The van der Waals surface area contributed by atoms with Crippen molar-refractivity contribution in [1.29, 1.82) is 0 Å². The molecule has 1 fully saturated rings. The van der Waals surface area contributed by atoms with Crippen LogP contribution in [-0.2, 0) is 4.79 Å². The van der Waals surface area contributed by atoms with E-state index >= 15 is 0 Å². The van der Waals surface area contributed by atoms with E-state index in [1.54, 1.807) is 42.4 Å². The second-order valence-corrected chi connectivity index (χ2v) is 7.28. The third-order valence-corrected chi connectivity index (χ3v) is 5.52. The highest BCUT2D eigenvalue weighted by Gasteiger charge is 2.25. The van der Waals surface area contributed by atoms with Crippen molar-refractivity contribution in [3.8, 4) is 5.75 Å². The molecule has 1 aromatic heterocycles. The lowest BCUT2D eigenvalue weighted by Crippen LogP contribution is -2.44. The zero-order valence-electron chi connectivity index (χ0n) is 16.7. The Balaban J connectivity index is 1.47. The SMILES string of the molecule is COc1ccccc1/C=C/C(=O)N1CCC(n2c(=O)[nH]c3ccccc3c2=O)CC1. The summed E-state index contributed by atoms with van der Waals surface area (Å²) in [5, 5.41) is 0.496.